The van der Waals surface area contributed by atoms with Crippen molar-refractivity contribution in [3.8, 4) is 0 Å². The number of rotatable bonds is 2. The average molecular weight is 160 g/mol. The largest absolute Gasteiger partial charge is 0.396 e. The van der Waals surface area contributed by atoms with Crippen LogP contribution in [0.2, 0.25) is 0 Å². The van der Waals surface area contributed by atoms with E-state index in [9.17, 15) is 5.11 Å². The van der Waals surface area contributed by atoms with Crippen LogP contribution in [0.1, 0.15) is 19.3 Å². The Labute approximate surface area is 66.7 Å². The zero-order chi connectivity index (χ0) is 8.27. The van der Waals surface area contributed by atoms with Gasteiger partial charge < -0.3 is 15.3 Å². The molecule has 3 atom stereocenters. The highest BCUT2D eigenvalue weighted by Crippen LogP contribution is 2.28. The zero-order valence-corrected chi connectivity index (χ0v) is 6.61. The van der Waals surface area contributed by atoms with Crippen LogP contribution in [0.5, 0.6) is 0 Å². The van der Waals surface area contributed by atoms with Gasteiger partial charge in [-0.2, -0.15) is 0 Å². The number of aliphatic hydroxyl groups is 3. The monoisotopic (exact) mass is 160 g/mol. The van der Waals surface area contributed by atoms with E-state index in [-0.39, 0.29) is 31.2 Å². The van der Waals surface area contributed by atoms with E-state index in [1.807, 2.05) is 0 Å². The molecule has 3 nitrogen and oxygen atoms in total. The first kappa shape index (κ1) is 8.97. The Morgan fingerprint density at radius 3 is 1.73 bits per heavy atom. The van der Waals surface area contributed by atoms with Gasteiger partial charge >= 0.3 is 0 Å². The summed E-state index contributed by atoms with van der Waals surface area (Å²) in [6, 6.07) is 0. The second kappa shape index (κ2) is 4.04. The third-order valence-corrected chi connectivity index (χ3v) is 2.39. The SMILES string of the molecule is OCC1CC(O)C[C@H](CO)C1. The van der Waals surface area contributed by atoms with Crippen LogP contribution in [0.15, 0.2) is 0 Å². The molecule has 1 saturated carbocycles. The molecule has 1 aliphatic rings. The molecule has 2 unspecified atom stereocenters. The highest BCUT2D eigenvalue weighted by Gasteiger charge is 2.26. The summed E-state index contributed by atoms with van der Waals surface area (Å²) in [4.78, 5) is 0. The molecule has 0 aromatic carbocycles. The Hall–Kier alpha value is -0.120. The van der Waals surface area contributed by atoms with Crippen LogP contribution in [0, 0.1) is 11.8 Å². The second-order valence-electron chi connectivity index (χ2n) is 3.46. The van der Waals surface area contributed by atoms with E-state index in [0.717, 1.165) is 6.42 Å². The summed E-state index contributed by atoms with van der Waals surface area (Å²) in [5.74, 6) is 0.381. The number of aliphatic hydroxyl groups excluding tert-OH is 3. The molecule has 0 bridgehead atoms. The molecule has 66 valence electrons. The first-order chi connectivity index (χ1) is 5.26. The molecule has 0 saturated heterocycles. The second-order valence-corrected chi connectivity index (χ2v) is 3.46. The lowest BCUT2D eigenvalue weighted by Crippen LogP contribution is -2.29. The molecule has 0 heterocycles. The van der Waals surface area contributed by atoms with Crippen molar-refractivity contribution in [1.82, 2.24) is 0 Å². The first-order valence-electron chi connectivity index (χ1n) is 4.16. The Bertz CT molecular complexity index is 104. The van der Waals surface area contributed by atoms with Crippen LogP contribution in [0.25, 0.3) is 0 Å². The highest BCUT2D eigenvalue weighted by molar-refractivity contribution is 4.77. The maximum Gasteiger partial charge on any atom is 0.0547 e. The van der Waals surface area contributed by atoms with Gasteiger partial charge in [-0.15, -0.1) is 0 Å². The van der Waals surface area contributed by atoms with Crippen LogP contribution >= 0.6 is 0 Å². The molecule has 11 heavy (non-hydrogen) atoms. The molecule has 3 N–H and O–H groups in total. The first-order valence-corrected chi connectivity index (χ1v) is 4.16. The van der Waals surface area contributed by atoms with Crippen molar-refractivity contribution >= 4 is 0 Å². The quantitative estimate of drug-likeness (QED) is 0.522. The lowest BCUT2D eigenvalue weighted by Gasteiger charge is -2.30. The molecular weight excluding hydrogens is 144 g/mol. The van der Waals surface area contributed by atoms with E-state index in [0.29, 0.717) is 12.8 Å². The van der Waals surface area contributed by atoms with Crippen LogP contribution in [0.3, 0.4) is 0 Å². The van der Waals surface area contributed by atoms with Crippen molar-refractivity contribution in [1.29, 1.82) is 0 Å². The number of hydrogen-bond acceptors (Lipinski definition) is 3. The van der Waals surface area contributed by atoms with Gasteiger partial charge in [0.15, 0.2) is 0 Å². The summed E-state index contributed by atoms with van der Waals surface area (Å²) in [5.41, 5.74) is 0. The van der Waals surface area contributed by atoms with Gasteiger partial charge in [0.05, 0.1) is 6.10 Å². The van der Waals surface area contributed by atoms with Crippen LogP contribution in [-0.4, -0.2) is 34.6 Å². The lowest BCUT2D eigenvalue weighted by molar-refractivity contribution is 0.0290. The molecule has 0 radical (unpaired) electrons. The third kappa shape index (κ3) is 2.43. The average Bonchev–Trinajstić information content (AvgIpc) is 2.03. The van der Waals surface area contributed by atoms with Crippen molar-refractivity contribution in [2.45, 2.75) is 25.4 Å². The van der Waals surface area contributed by atoms with E-state index in [1.54, 1.807) is 0 Å². The van der Waals surface area contributed by atoms with Gasteiger partial charge in [-0.1, -0.05) is 0 Å². The van der Waals surface area contributed by atoms with Crippen molar-refractivity contribution in [3.05, 3.63) is 0 Å². The molecule has 3 heteroatoms. The topological polar surface area (TPSA) is 60.7 Å². The predicted molar refractivity (Wildman–Crippen MR) is 41.0 cm³/mol. The fourth-order valence-electron chi connectivity index (χ4n) is 1.83. The molecule has 1 fully saturated rings. The van der Waals surface area contributed by atoms with Crippen LogP contribution in [0.4, 0.5) is 0 Å². The third-order valence-electron chi connectivity index (χ3n) is 2.39. The van der Waals surface area contributed by atoms with Gasteiger partial charge in [-0.3, -0.25) is 0 Å². The summed E-state index contributed by atoms with van der Waals surface area (Å²) in [5, 5.41) is 26.9. The summed E-state index contributed by atoms with van der Waals surface area (Å²) in [6.45, 7) is 0.265. The van der Waals surface area contributed by atoms with Gasteiger partial charge in [-0.05, 0) is 31.1 Å². The zero-order valence-electron chi connectivity index (χ0n) is 6.61. The minimum absolute atomic E-state index is 0.133. The standard InChI is InChI=1S/C8H16O3/c9-4-6-1-7(5-10)3-8(11)2-6/h6-11H,1-5H2/t6-,7?,8?/m1/s1. The van der Waals surface area contributed by atoms with E-state index in [2.05, 4.69) is 0 Å². The van der Waals surface area contributed by atoms with Gasteiger partial charge in [-0.25, -0.2) is 0 Å². The summed E-state index contributed by atoms with van der Waals surface area (Å²) >= 11 is 0. The minimum atomic E-state index is -0.321. The van der Waals surface area contributed by atoms with Crippen LogP contribution in [-0.2, 0) is 0 Å². The van der Waals surface area contributed by atoms with Gasteiger partial charge in [0.1, 0.15) is 0 Å². The van der Waals surface area contributed by atoms with Gasteiger partial charge in [0.25, 0.3) is 0 Å². The Morgan fingerprint density at radius 2 is 1.36 bits per heavy atom. The van der Waals surface area contributed by atoms with E-state index in [4.69, 9.17) is 10.2 Å². The molecular formula is C8H16O3. The summed E-state index contributed by atoms with van der Waals surface area (Å²) in [7, 11) is 0. The van der Waals surface area contributed by atoms with Gasteiger partial charge in [0.2, 0.25) is 0 Å². The Kier molecular flexibility index (Phi) is 3.30. The van der Waals surface area contributed by atoms with Crippen molar-refractivity contribution in [3.63, 3.8) is 0 Å². The molecule has 1 rings (SSSR count). The lowest BCUT2D eigenvalue weighted by atomic mass is 9.80. The van der Waals surface area contributed by atoms with Crippen molar-refractivity contribution < 1.29 is 15.3 Å². The predicted octanol–water partition coefficient (Wildman–Crippen LogP) is -0.252. The normalized spacial score (nSPS) is 39.0. The van der Waals surface area contributed by atoms with Crippen molar-refractivity contribution in [2.75, 3.05) is 13.2 Å². The molecule has 0 spiro atoms. The maximum absolute atomic E-state index is 9.29. The van der Waals surface area contributed by atoms with Crippen LogP contribution < -0.4 is 0 Å². The summed E-state index contributed by atoms with van der Waals surface area (Å²) < 4.78 is 0. The fraction of sp³-hybridized carbons (Fsp3) is 1.00. The molecule has 0 aliphatic heterocycles. The fourth-order valence-corrected chi connectivity index (χ4v) is 1.83. The van der Waals surface area contributed by atoms with E-state index < -0.39 is 0 Å². The molecule has 0 aromatic heterocycles. The molecule has 0 aromatic rings. The minimum Gasteiger partial charge on any atom is -0.396 e. The molecule has 0 amide bonds. The van der Waals surface area contributed by atoms with E-state index >= 15 is 0 Å². The Balaban J connectivity index is 2.37. The Morgan fingerprint density at radius 1 is 0.909 bits per heavy atom. The maximum atomic E-state index is 9.29. The molecule has 1 aliphatic carbocycles. The van der Waals surface area contributed by atoms with E-state index in [1.165, 1.54) is 0 Å². The highest BCUT2D eigenvalue weighted by atomic mass is 16.3. The van der Waals surface area contributed by atoms with Crippen molar-refractivity contribution in [2.24, 2.45) is 11.8 Å². The number of hydrogen-bond donors (Lipinski definition) is 3. The van der Waals surface area contributed by atoms with Gasteiger partial charge in [0, 0.05) is 13.2 Å². The summed E-state index contributed by atoms with van der Waals surface area (Å²) in [6.07, 6.45) is 1.90. The smallest absolute Gasteiger partial charge is 0.0547 e.